The smallest absolute Gasteiger partial charge is 0.218 e. The maximum atomic E-state index is 12.8. The second-order valence-electron chi connectivity index (χ2n) is 2.75. The molecule has 0 unspecified atom stereocenters. The number of aromatic nitrogens is 1. The van der Waals surface area contributed by atoms with Crippen LogP contribution in [0, 0.1) is 5.82 Å². The van der Waals surface area contributed by atoms with Gasteiger partial charge in [-0.05, 0) is 13.1 Å². The van der Waals surface area contributed by atoms with E-state index in [2.05, 4.69) is 16.9 Å². The summed E-state index contributed by atoms with van der Waals surface area (Å²) in [6.07, 6.45) is 2.76. The Balaban J connectivity index is 2.83. The molecule has 0 spiro atoms. The zero-order valence-electron chi connectivity index (χ0n) is 8.09. The molecule has 1 N–H and O–H groups in total. The minimum absolute atomic E-state index is 0.360. The van der Waals surface area contributed by atoms with Crippen LogP contribution in [-0.2, 0) is 6.54 Å². The van der Waals surface area contributed by atoms with Crippen LogP contribution in [0.25, 0.3) is 0 Å². The van der Waals surface area contributed by atoms with Crippen molar-refractivity contribution in [3.8, 4) is 5.88 Å². The molecule has 1 aromatic heterocycles. The third-order valence-corrected chi connectivity index (χ3v) is 1.60. The lowest BCUT2D eigenvalue weighted by Gasteiger charge is -2.08. The lowest BCUT2D eigenvalue weighted by molar-refractivity contribution is 0.342. The maximum absolute atomic E-state index is 12.8. The van der Waals surface area contributed by atoms with E-state index >= 15 is 0 Å². The van der Waals surface area contributed by atoms with E-state index in [0.717, 1.165) is 6.20 Å². The first-order chi connectivity index (χ1) is 6.77. The van der Waals surface area contributed by atoms with E-state index in [1.54, 1.807) is 13.1 Å². The Hall–Kier alpha value is -1.42. The van der Waals surface area contributed by atoms with Crippen LogP contribution in [0.1, 0.15) is 5.56 Å². The first kappa shape index (κ1) is 10.7. The van der Waals surface area contributed by atoms with Gasteiger partial charge in [-0.25, -0.2) is 9.37 Å². The first-order valence-corrected chi connectivity index (χ1v) is 4.30. The molecule has 1 rings (SSSR count). The van der Waals surface area contributed by atoms with E-state index in [-0.39, 0.29) is 5.82 Å². The summed E-state index contributed by atoms with van der Waals surface area (Å²) in [4.78, 5) is 3.85. The van der Waals surface area contributed by atoms with Gasteiger partial charge in [0.1, 0.15) is 12.4 Å². The van der Waals surface area contributed by atoms with Gasteiger partial charge in [-0.15, -0.1) is 0 Å². The van der Waals surface area contributed by atoms with Gasteiger partial charge >= 0.3 is 0 Å². The Kier molecular flexibility index (Phi) is 4.07. The molecule has 0 saturated carbocycles. The summed E-state index contributed by atoms with van der Waals surface area (Å²) in [5.74, 6) is 0.0850. The molecule has 0 aliphatic rings. The van der Waals surface area contributed by atoms with E-state index in [0.29, 0.717) is 24.6 Å². The molecule has 0 saturated heterocycles. The lowest BCUT2D eigenvalue weighted by Crippen LogP contribution is -2.09. The van der Waals surface area contributed by atoms with Crippen molar-refractivity contribution in [1.29, 1.82) is 0 Å². The van der Waals surface area contributed by atoms with Gasteiger partial charge in [0.05, 0.1) is 6.20 Å². The number of hydrogen-bond donors (Lipinski definition) is 1. The summed E-state index contributed by atoms with van der Waals surface area (Å²) in [6, 6.07) is 1.40. The van der Waals surface area contributed by atoms with E-state index in [1.165, 1.54) is 6.07 Å². The van der Waals surface area contributed by atoms with Gasteiger partial charge in [0.15, 0.2) is 0 Å². The highest BCUT2D eigenvalue weighted by Crippen LogP contribution is 2.15. The van der Waals surface area contributed by atoms with Gasteiger partial charge in [-0.2, -0.15) is 0 Å². The molecular weight excluding hydrogens is 183 g/mol. The largest absolute Gasteiger partial charge is 0.473 e. The van der Waals surface area contributed by atoms with Crippen LogP contribution >= 0.6 is 0 Å². The zero-order chi connectivity index (χ0) is 10.4. The quantitative estimate of drug-likeness (QED) is 0.725. The van der Waals surface area contributed by atoms with E-state index in [9.17, 15) is 4.39 Å². The molecule has 0 aromatic carbocycles. The van der Waals surface area contributed by atoms with Crippen LogP contribution in [0.3, 0.4) is 0 Å². The molecule has 1 aromatic rings. The molecule has 0 radical (unpaired) electrons. The molecule has 0 aliphatic carbocycles. The molecule has 76 valence electrons. The Labute approximate surface area is 82.6 Å². The molecule has 14 heavy (non-hydrogen) atoms. The SMILES string of the molecule is C=CCOc1ncc(F)cc1CNC. The molecule has 0 atom stereocenters. The van der Waals surface area contributed by atoms with Crippen LogP contribution in [-0.4, -0.2) is 18.6 Å². The van der Waals surface area contributed by atoms with Crippen molar-refractivity contribution in [3.63, 3.8) is 0 Å². The van der Waals surface area contributed by atoms with Crippen LogP contribution < -0.4 is 10.1 Å². The zero-order valence-corrected chi connectivity index (χ0v) is 8.09. The molecule has 0 fully saturated rings. The van der Waals surface area contributed by atoms with Gasteiger partial charge in [0, 0.05) is 12.1 Å². The Morgan fingerprint density at radius 1 is 1.71 bits per heavy atom. The molecule has 1 heterocycles. The average molecular weight is 196 g/mol. The van der Waals surface area contributed by atoms with Crippen LogP contribution in [0.2, 0.25) is 0 Å². The predicted molar refractivity (Wildman–Crippen MR) is 52.7 cm³/mol. The summed E-state index contributed by atoms with van der Waals surface area (Å²) in [6.45, 7) is 4.42. The van der Waals surface area contributed by atoms with Crippen LogP contribution in [0.15, 0.2) is 24.9 Å². The number of pyridine rings is 1. The second-order valence-corrected chi connectivity index (χ2v) is 2.75. The summed E-state index contributed by atoms with van der Waals surface area (Å²) in [5.41, 5.74) is 0.703. The summed E-state index contributed by atoms with van der Waals surface area (Å²) < 4.78 is 18.1. The van der Waals surface area contributed by atoms with E-state index in [1.807, 2.05) is 0 Å². The lowest BCUT2D eigenvalue weighted by atomic mass is 10.2. The minimum atomic E-state index is -0.360. The Morgan fingerprint density at radius 3 is 3.14 bits per heavy atom. The van der Waals surface area contributed by atoms with Crippen LogP contribution in [0.4, 0.5) is 4.39 Å². The van der Waals surface area contributed by atoms with Crippen molar-refractivity contribution < 1.29 is 9.13 Å². The summed E-state index contributed by atoms with van der Waals surface area (Å²) in [5, 5.41) is 2.92. The monoisotopic (exact) mass is 196 g/mol. The van der Waals surface area contributed by atoms with Gasteiger partial charge < -0.3 is 10.1 Å². The third kappa shape index (κ3) is 2.81. The number of nitrogens with one attached hydrogen (secondary N) is 1. The number of ether oxygens (including phenoxy) is 1. The normalized spacial score (nSPS) is 9.86. The molecule has 0 bridgehead atoms. The Bertz CT molecular complexity index is 315. The highest BCUT2D eigenvalue weighted by Gasteiger charge is 2.05. The van der Waals surface area contributed by atoms with Crippen molar-refractivity contribution in [1.82, 2.24) is 10.3 Å². The van der Waals surface area contributed by atoms with Gasteiger partial charge in [0.25, 0.3) is 0 Å². The number of hydrogen-bond acceptors (Lipinski definition) is 3. The maximum Gasteiger partial charge on any atom is 0.218 e. The van der Waals surface area contributed by atoms with Gasteiger partial charge in [-0.3, -0.25) is 0 Å². The van der Waals surface area contributed by atoms with Crippen molar-refractivity contribution in [2.45, 2.75) is 6.54 Å². The molecule has 4 heteroatoms. The fourth-order valence-electron chi connectivity index (χ4n) is 1.05. The number of rotatable bonds is 5. The van der Waals surface area contributed by atoms with Crippen molar-refractivity contribution >= 4 is 0 Å². The molecule has 3 nitrogen and oxygen atoms in total. The Morgan fingerprint density at radius 2 is 2.50 bits per heavy atom. The minimum Gasteiger partial charge on any atom is -0.473 e. The molecular formula is C10H13FN2O. The third-order valence-electron chi connectivity index (χ3n) is 1.60. The number of nitrogens with zero attached hydrogens (tertiary/aromatic N) is 1. The average Bonchev–Trinajstić information content (AvgIpc) is 2.17. The van der Waals surface area contributed by atoms with E-state index < -0.39 is 0 Å². The van der Waals surface area contributed by atoms with Crippen molar-refractivity contribution in [2.24, 2.45) is 0 Å². The predicted octanol–water partition coefficient (Wildman–Crippen LogP) is 1.50. The highest BCUT2D eigenvalue weighted by molar-refractivity contribution is 5.26. The summed E-state index contributed by atoms with van der Waals surface area (Å²) >= 11 is 0. The fraction of sp³-hybridized carbons (Fsp3) is 0.300. The van der Waals surface area contributed by atoms with Crippen molar-refractivity contribution in [3.05, 3.63) is 36.3 Å². The topological polar surface area (TPSA) is 34.1 Å². The second kappa shape index (κ2) is 5.34. The molecule has 0 aliphatic heterocycles. The summed E-state index contributed by atoms with van der Waals surface area (Å²) in [7, 11) is 1.78. The molecule has 0 amide bonds. The van der Waals surface area contributed by atoms with Gasteiger partial charge in [0.2, 0.25) is 5.88 Å². The first-order valence-electron chi connectivity index (χ1n) is 4.30. The van der Waals surface area contributed by atoms with Gasteiger partial charge in [-0.1, -0.05) is 12.7 Å². The van der Waals surface area contributed by atoms with E-state index in [4.69, 9.17) is 4.74 Å². The highest BCUT2D eigenvalue weighted by atomic mass is 19.1. The van der Waals surface area contributed by atoms with Crippen LogP contribution in [0.5, 0.6) is 5.88 Å². The number of halogens is 1. The van der Waals surface area contributed by atoms with Crippen molar-refractivity contribution in [2.75, 3.05) is 13.7 Å². The standard InChI is InChI=1S/C10H13FN2O/c1-3-4-14-10-8(6-12-2)5-9(11)7-13-10/h3,5,7,12H,1,4,6H2,2H3. The fourth-order valence-corrected chi connectivity index (χ4v) is 1.05.